The summed E-state index contributed by atoms with van der Waals surface area (Å²) in [6.07, 6.45) is -1.26. The molecule has 1 amide bonds. The van der Waals surface area contributed by atoms with E-state index in [9.17, 15) is 22.8 Å². The molecule has 26 heavy (non-hydrogen) atoms. The molecule has 1 aromatic heterocycles. The molecule has 0 saturated carbocycles. The third-order valence-electron chi connectivity index (χ3n) is 4.06. The van der Waals surface area contributed by atoms with Crippen molar-refractivity contribution >= 4 is 17.6 Å². The molecule has 5 nitrogen and oxygen atoms in total. The van der Waals surface area contributed by atoms with Crippen molar-refractivity contribution in [2.45, 2.75) is 40.3 Å². The highest BCUT2D eigenvalue weighted by Gasteiger charge is 2.24. The van der Waals surface area contributed by atoms with Crippen molar-refractivity contribution in [3.05, 3.63) is 52.6 Å². The number of aryl methyl sites for hydroxylation is 1. The summed E-state index contributed by atoms with van der Waals surface area (Å²) in [4.78, 5) is 24.3. The predicted octanol–water partition coefficient (Wildman–Crippen LogP) is 3.73. The number of hydrogen-bond donors (Lipinski definition) is 1. The van der Waals surface area contributed by atoms with Crippen molar-refractivity contribution in [3.63, 3.8) is 0 Å². The second kappa shape index (κ2) is 7.63. The van der Waals surface area contributed by atoms with Crippen LogP contribution in [0.15, 0.2) is 18.2 Å². The predicted molar refractivity (Wildman–Crippen MR) is 89.4 cm³/mol. The van der Waals surface area contributed by atoms with Gasteiger partial charge in [-0.25, -0.2) is 18.0 Å². The Morgan fingerprint density at radius 1 is 1.19 bits per heavy atom. The van der Waals surface area contributed by atoms with Crippen LogP contribution in [-0.4, -0.2) is 22.5 Å². The molecule has 0 unspecified atom stereocenters. The van der Waals surface area contributed by atoms with Crippen LogP contribution in [0, 0.1) is 31.3 Å². The van der Waals surface area contributed by atoms with Crippen LogP contribution in [0.4, 0.5) is 18.9 Å². The van der Waals surface area contributed by atoms with Crippen molar-refractivity contribution in [3.8, 4) is 0 Å². The van der Waals surface area contributed by atoms with E-state index in [4.69, 9.17) is 4.74 Å². The second-order valence-electron chi connectivity index (χ2n) is 5.79. The zero-order valence-corrected chi connectivity index (χ0v) is 14.8. The molecule has 0 aliphatic rings. The van der Waals surface area contributed by atoms with E-state index in [1.807, 2.05) is 18.4 Å². The summed E-state index contributed by atoms with van der Waals surface area (Å²) in [6, 6.07) is 3.22. The average Bonchev–Trinajstić information content (AvgIpc) is 2.89. The normalized spacial score (nSPS) is 12.0. The van der Waals surface area contributed by atoms with E-state index in [0.29, 0.717) is 23.9 Å². The number of benzene rings is 1. The van der Waals surface area contributed by atoms with E-state index in [2.05, 4.69) is 5.32 Å². The SMILES string of the molecule is CCn1c(C)cc(C(=O)O[C@@H](C)C(=O)Nc2ccc(F)c(F)c2F)c1C. The van der Waals surface area contributed by atoms with Gasteiger partial charge in [-0.3, -0.25) is 4.79 Å². The van der Waals surface area contributed by atoms with Crippen molar-refractivity contribution in [2.75, 3.05) is 5.32 Å². The van der Waals surface area contributed by atoms with E-state index >= 15 is 0 Å². The van der Waals surface area contributed by atoms with Crippen molar-refractivity contribution < 1.29 is 27.5 Å². The minimum Gasteiger partial charge on any atom is -0.449 e. The van der Waals surface area contributed by atoms with Gasteiger partial charge in [0.2, 0.25) is 0 Å². The van der Waals surface area contributed by atoms with Crippen molar-refractivity contribution in [1.29, 1.82) is 0 Å². The van der Waals surface area contributed by atoms with Gasteiger partial charge in [0.1, 0.15) is 0 Å². The van der Waals surface area contributed by atoms with E-state index in [1.54, 1.807) is 13.0 Å². The highest BCUT2D eigenvalue weighted by molar-refractivity contribution is 5.97. The van der Waals surface area contributed by atoms with Gasteiger partial charge in [0, 0.05) is 17.9 Å². The minimum atomic E-state index is -1.69. The molecule has 0 aliphatic heterocycles. The number of ether oxygens (including phenoxy) is 1. The summed E-state index contributed by atoms with van der Waals surface area (Å²) in [5.74, 6) is -6.16. The molecule has 0 fully saturated rings. The molecule has 1 atom stereocenters. The summed E-state index contributed by atoms with van der Waals surface area (Å²) in [6.45, 7) is 7.51. The van der Waals surface area contributed by atoms with Crippen LogP contribution in [-0.2, 0) is 16.1 Å². The van der Waals surface area contributed by atoms with Gasteiger partial charge >= 0.3 is 5.97 Å². The number of nitrogens with zero attached hydrogens (tertiary/aromatic N) is 1. The Morgan fingerprint density at radius 2 is 1.85 bits per heavy atom. The summed E-state index contributed by atoms with van der Waals surface area (Å²) in [5, 5.41) is 2.07. The van der Waals surface area contributed by atoms with Crippen LogP contribution in [0.1, 0.15) is 35.6 Å². The molecular weight excluding hydrogens is 349 g/mol. The molecule has 140 valence electrons. The van der Waals surface area contributed by atoms with Gasteiger partial charge < -0.3 is 14.6 Å². The first kappa shape index (κ1) is 19.6. The fourth-order valence-corrected chi connectivity index (χ4v) is 2.63. The van der Waals surface area contributed by atoms with Crippen molar-refractivity contribution in [1.82, 2.24) is 4.57 Å². The zero-order chi connectivity index (χ0) is 19.6. The van der Waals surface area contributed by atoms with E-state index in [0.717, 1.165) is 11.8 Å². The van der Waals surface area contributed by atoms with Gasteiger partial charge in [0.15, 0.2) is 23.6 Å². The number of esters is 1. The molecule has 0 radical (unpaired) electrons. The molecule has 8 heteroatoms. The lowest BCUT2D eigenvalue weighted by molar-refractivity contribution is -0.123. The first-order chi connectivity index (χ1) is 12.2. The van der Waals surface area contributed by atoms with Gasteiger partial charge in [-0.1, -0.05) is 0 Å². The van der Waals surface area contributed by atoms with Gasteiger partial charge in [0.25, 0.3) is 5.91 Å². The maximum absolute atomic E-state index is 13.6. The molecule has 0 bridgehead atoms. The van der Waals surface area contributed by atoms with E-state index in [1.165, 1.54) is 6.92 Å². The maximum atomic E-state index is 13.6. The number of anilines is 1. The lowest BCUT2D eigenvalue weighted by Gasteiger charge is -2.14. The Bertz CT molecular complexity index is 862. The van der Waals surface area contributed by atoms with E-state index < -0.39 is 41.1 Å². The number of nitrogens with one attached hydrogen (secondary N) is 1. The monoisotopic (exact) mass is 368 g/mol. The Hall–Kier alpha value is -2.77. The molecule has 1 heterocycles. The maximum Gasteiger partial charge on any atom is 0.340 e. The first-order valence-electron chi connectivity index (χ1n) is 7.99. The molecule has 1 N–H and O–H groups in total. The Morgan fingerprint density at radius 3 is 2.42 bits per heavy atom. The van der Waals surface area contributed by atoms with E-state index in [-0.39, 0.29) is 0 Å². The Balaban J connectivity index is 2.10. The zero-order valence-electron chi connectivity index (χ0n) is 14.8. The van der Waals surface area contributed by atoms with Crippen LogP contribution in [0.5, 0.6) is 0 Å². The number of hydrogen-bond acceptors (Lipinski definition) is 3. The number of carbonyl (C=O) groups excluding carboxylic acids is 2. The topological polar surface area (TPSA) is 60.3 Å². The Labute approximate surface area is 148 Å². The number of aromatic nitrogens is 1. The number of rotatable bonds is 5. The quantitative estimate of drug-likeness (QED) is 0.646. The van der Waals surface area contributed by atoms with Gasteiger partial charge in [0.05, 0.1) is 11.3 Å². The highest BCUT2D eigenvalue weighted by atomic mass is 19.2. The minimum absolute atomic E-state index is 0.322. The smallest absolute Gasteiger partial charge is 0.340 e. The number of carbonyl (C=O) groups is 2. The fourth-order valence-electron chi connectivity index (χ4n) is 2.63. The lowest BCUT2D eigenvalue weighted by Crippen LogP contribution is -2.30. The summed E-state index contributed by atoms with van der Waals surface area (Å²) >= 11 is 0. The number of halogens is 3. The third kappa shape index (κ3) is 3.74. The van der Waals surface area contributed by atoms with Crippen LogP contribution in [0.3, 0.4) is 0 Å². The molecular formula is C18H19F3N2O3. The van der Waals surface area contributed by atoms with Crippen LogP contribution >= 0.6 is 0 Å². The van der Waals surface area contributed by atoms with Gasteiger partial charge in [-0.05, 0) is 45.9 Å². The average molecular weight is 368 g/mol. The first-order valence-corrected chi connectivity index (χ1v) is 7.99. The highest BCUT2D eigenvalue weighted by Crippen LogP contribution is 2.21. The molecule has 0 aliphatic carbocycles. The second-order valence-corrected chi connectivity index (χ2v) is 5.79. The number of amides is 1. The molecule has 0 saturated heterocycles. The Kier molecular flexibility index (Phi) is 5.74. The molecule has 2 rings (SSSR count). The summed E-state index contributed by atoms with van der Waals surface area (Å²) in [5.41, 5.74) is 1.36. The van der Waals surface area contributed by atoms with Gasteiger partial charge in [-0.2, -0.15) is 0 Å². The molecule has 0 spiro atoms. The van der Waals surface area contributed by atoms with Crippen LogP contribution in [0.2, 0.25) is 0 Å². The largest absolute Gasteiger partial charge is 0.449 e. The fraction of sp³-hybridized carbons (Fsp3) is 0.333. The third-order valence-corrected chi connectivity index (χ3v) is 4.06. The summed E-state index contributed by atoms with van der Waals surface area (Å²) < 4.78 is 46.8. The molecule has 1 aromatic carbocycles. The van der Waals surface area contributed by atoms with Crippen LogP contribution < -0.4 is 5.32 Å². The summed E-state index contributed by atoms with van der Waals surface area (Å²) in [7, 11) is 0. The standard InChI is InChI=1S/C18H19F3N2O3/c1-5-23-9(2)8-12(10(23)3)18(25)26-11(4)17(24)22-14-7-6-13(19)15(20)16(14)21/h6-8,11H,5H2,1-4H3,(H,22,24)/t11-/m0/s1. The van der Waals surface area contributed by atoms with Crippen LogP contribution in [0.25, 0.3) is 0 Å². The lowest BCUT2D eigenvalue weighted by atomic mass is 10.2. The van der Waals surface area contributed by atoms with Crippen molar-refractivity contribution in [2.24, 2.45) is 0 Å². The van der Waals surface area contributed by atoms with Gasteiger partial charge in [-0.15, -0.1) is 0 Å². The molecule has 2 aromatic rings.